The first-order valence-corrected chi connectivity index (χ1v) is 8.81. The van der Waals surface area contributed by atoms with Gasteiger partial charge in [-0.3, -0.25) is 4.79 Å². The summed E-state index contributed by atoms with van der Waals surface area (Å²) in [4.78, 5) is 18.7. The van der Waals surface area contributed by atoms with Crippen molar-refractivity contribution in [3.63, 3.8) is 0 Å². The van der Waals surface area contributed by atoms with Crippen LogP contribution in [-0.2, 0) is 4.79 Å². The lowest BCUT2D eigenvalue weighted by molar-refractivity contribution is -0.117. The second-order valence-electron chi connectivity index (χ2n) is 6.31. The molecule has 138 valence electrons. The van der Waals surface area contributed by atoms with E-state index in [9.17, 15) is 9.90 Å². The number of nitrogens with zero attached hydrogens (tertiary/aromatic N) is 3. The summed E-state index contributed by atoms with van der Waals surface area (Å²) in [6, 6.07) is 14.1. The molecule has 4 rings (SSSR count). The van der Waals surface area contributed by atoms with Crippen LogP contribution in [0.3, 0.4) is 0 Å². The van der Waals surface area contributed by atoms with E-state index in [0.717, 1.165) is 11.3 Å². The number of carbonyl (C=O) groups is 1. The van der Waals surface area contributed by atoms with Crippen molar-refractivity contribution in [3.05, 3.63) is 54.4 Å². The molecule has 2 aromatic carbocycles. The van der Waals surface area contributed by atoms with E-state index in [1.165, 1.54) is 0 Å². The largest absolute Gasteiger partial charge is 0.508 e. The quantitative estimate of drug-likeness (QED) is 0.746. The second-order valence-corrected chi connectivity index (χ2v) is 6.31. The fraction of sp³-hybridized carbons (Fsp3) is 0.250. The normalized spacial score (nSPS) is 16.7. The lowest BCUT2D eigenvalue weighted by Gasteiger charge is -2.19. The maximum Gasteiger partial charge on any atom is 0.232 e. The number of hydrogen-bond donors (Lipinski definition) is 1. The Balaban J connectivity index is 1.56. The van der Waals surface area contributed by atoms with Gasteiger partial charge in [0.2, 0.25) is 17.6 Å². The van der Waals surface area contributed by atoms with Gasteiger partial charge in [0.1, 0.15) is 11.5 Å². The standard InChI is InChI=1S/C20H19N3O4/c1-2-26-17-6-4-3-5-16(17)23-12-14(11-18(23)25)20-21-19(22-27-20)13-7-9-15(24)10-8-13/h3-10,14,24H,2,11-12H2,1H3/t14-/m1/s1. The van der Waals surface area contributed by atoms with E-state index < -0.39 is 0 Å². The molecular formula is C20H19N3O4. The highest BCUT2D eigenvalue weighted by Gasteiger charge is 2.36. The zero-order valence-corrected chi connectivity index (χ0v) is 14.8. The molecule has 1 saturated heterocycles. The summed E-state index contributed by atoms with van der Waals surface area (Å²) in [6.07, 6.45) is 0.303. The predicted octanol–water partition coefficient (Wildman–Crippen LogP) is 3.36. The zero-order valence-electron chi connectivity index (χ0n) is 14.8. The summed E-state index contributed by atoms with van der Waals surface area (Å²) < 4.78 is 11.1. The molecule has 7 heteroatoms. The SMILES string of the molecule is CCOc1ccccc1N1C[C@H](c2nc(-c3ccc(O)cc3)no2)CC1=O. The van der Waals surface area contributed by atoms with Crippen molar-refractivity contribution in [1.82, 2.24) is 10.1 Å². The van der Waals surface area contributed by atoms with E-state index in [1.807, 2.05) is 31.2 Å². The van der Waals surface area contributed by atoms with Crippen molar-refractivity contribution in [2.75, 3.05) is 18.1 Å². The minimum atomic E-state index is -0.175. The maximum absolute atomic E-state index is 12.6. The van der Waals surface area contributed by atoms with Crippen molar-refractivity contribution in [2.45, 2.75) is 19.3 Å². The topological polar surface area (TPSA) is 88.7 Å². The molecule has 1 N–H and O–H groups in total. The first kappa shape index (κ1) is 17.1. The number of benzene rings is 2. The number of phenolic OH excluding ortho intramolecular Hbond substituents is 1. The van der Waals surface area contributed by atoms with E-state index in [2.05, 4.69) is 10.1 Å². The highest BCUT2D eigenvalue weighted by molar-refractivity contribution is 5.97. The molecule has 0 radical (unpaired) electrons. The van der Waals surface area contributed by atoms with Gasteiger partial charge in [-0.05, 0) is 43.3 Å². The van der Waals surface area contributed by atoms with Crippen molar-refractivity contribution < 1.29 is 19.2 Å². The third-order valence-corrected chi connectivity index (χ3v) is 4.50. The number of anilines is 1. The van der Waals surface area contributed by atoms with Gasteiger partial charge in [0.15, 0.2) is 0 Å². The molecule has 0 saturated carbocycles. The van der Waals surface area contributed by atoms with Crippen LogP contribution in [0.25, 0.3) is 11.4 Å². The lowest BCUT2D eigenvalue weighted by atomic mass is 10.1. The van der Waals surface area contributed by atoms with E-state index in [1.54, 1.807) is 29.2 Å². The Labute approximate surface area is 156 Å². The number of aromatic hydroxyl groups is 1. The molecule has 0 aliphatic carbocycles. The van der Waals surface area contributed by atoms with Crippen molar-refractivity contribution in [2.24, 2.45) is 0 Å². The minimum absolute atomic E-state index is 0.00321. The zero-order chi connectivity index (χ0) is 18.8. The summed E-state index contributed by atoms with van der Waals surface area (Å²) in [6.45, 7) is 2.90. The first-order valence-electron chi connectivity index (χ1n) is 8.81. The monoisotopic (exact) mass is 365 g/mol. The summed E-state index contributed by atoms with van der Waals surface area (Å²) in [5, 5.41) is 13.4. The van der Waals surface area contributed by atoms with Crippen LogP contribution in [0.2, 0.25) is 0 Å². The molecule has 1 aliphatic heterocycles. The number of rotatable bonds is 5. The fourth-order valence-corrected chi connectivity index (χ4v) is 3.19. The minimum Gasteiger partial charge on any atom is -0.508 e. The predicted molar refractivity (Wildman–Crippen MR) is 98.7 cm³/mol. The summed E-state index contributed by atoms with van der Waals surface area (Å²) >= 11 is 0. The van der Waals surface area contributed by atoms with E-state index in [-0.39, 0.29) is 17.6 Å². The van der Waals surface area contributed by atoms with E-state index >= 15 is 0 Å². The number of ether oxygens (including phenoxy) is 1. The van der Waals surface area contributed by atoms with Gasteiger partial charge in [0.05, 0.1) is 18.2 Å². The number of amides is 1. The molecule has 27 heavy (non-hydrogen) atoms. The third-order valence-electron chi connectivity index (χ3n) is 4.50. The maximum atomic E-state index is 12.6. The van der Waals surface area contributed by atoms with Crippen LogP contribution in [0.1, 0.15) is 25.2 Å². The Morgan fingerprint density at radius 2 is 2.00 bits per heavy atom. The first-order chi connectivity index (χ1) is 13.2. The van der Waals surface area contributed by atoms with Gasteiger partial charge in [-0.1, -0.05) is 17.3 Å². The molecule has 0 spiro atoms. The van der Waals surface area contributed by atoms with Gasteiger partial charge >= 0.3 is 0 Å². The van der Waals surface area contributed by atoms with Crippen LogP contribution in [0.4, 0.5) is 5.69 Å². The molecule has 1 aromatic heterocycles. The van der Waals surface area contributed by atoms with Gasteiger partial charge in [-0.2, -0.15) is 4.98 Å². The van der Waals surface area contributed by atoms with Crippen LogP contribution in [0.15, 0.2) is 53.1 Å². The van der Waals surface area contributed by atoms with Gasteiger partial charge in [-0.15, -0.1) is 0 Å². The van der Waals surface area contributed by atoms with E-state index in [0.29, 0.717) is 37.0 Å². The van der Waals surface area contributed by atoms with Crippen LogP contribution in [-0.4, -0.2) is 34.3 Å². The average molecular weight is 365 g/mol. The Bertz CT molecular complexity index is 952. The molecule has 1 aliphatic rings. The van der Waals surface area contributed by atoms with Crippen molar-refractivity contribution >= 4 is 11.6 Å². The van der Waals surface area contributed by atoms with Crippen LogP contribution in [0, 0.1) is 0 Å². The van der Waals surface area contributed by atoms with Gasteiger partial charge in [0.25, 0.3) is 0 Å². The Hall–Kier alpha value is -3.35. The molecule has 3 aromatic rings. The lowest BCUT2D eigenvalue weighted by Crippen LogP contribution is -2.25. The highest BCUT2D eigenvalue weighted by atomic mass is 16.5. The number of aromatic nitrogens is 2. The smallest absolute Gasteiger partial charge is 0.232 e. The number of hydrogen-bond acceptors (Lipinski definition) is 6. The summed E-state index contributed by atoms with van der Waals surface area (Å²) in [5.74, 6) is 1.55. The Morgan fingerprint density at radius 1 is 1.22 bits per heavy atom. The highest BCUT2D eigenvalue weighted by Crippen LogP contribution is 2.36. The van der Waals surface area contributed by atoms with Gasteiger partial charge in [0, 0.05) is 18.5 Å². The Morgan fingerprint density at radius 3 is 2.78 bits per heavy atom. The molecule has 7 nitrogen and oxygen atoms in total. The molecule has 1 amide bonds. The van der Waals surface area contributed by atoms with Crippen molar-refractivity contribution in [1.29, 1.82) is 0 Å². The van der Waals surface area contributed by atoms with Gasteiger partial charge < -0.3 is 19.3 Å². The number of phenols is 1. The summed E-state index contributed by atoms with van der Waals surface area (Å²) in [5.41, 5.74) is 1.50. The molecular weight excluding hydrogens is 346 g/mol. The number of carbonyl (C=O) groups excluding carboxylic acids is 1. The second kappa shape index (κ2) is 7.11. The van der Waals surface area contributed by atoms with Crippen LogP contribution >= 0.6 is 0 Å². The molecule has 2 heterocycles. The molecule has 1 atom stereocenters. The average Bonchev–Trinajstić information content (AvgIpc) is 3.30. The molecule has 0 unspecified atom stereocenters. The van der Waals surface area contributed by atoms with Crippen LogP contribution < -0.4 is 9.64 Å². The molecule has 1 fully saturated rings. The van der Waals surface area contributed by atoms with Crippen molar-refractivity contribution in [3.8, 4) is 22.9 Å². The van der Waals surface area contributed by atoms with Crippen LogP contribution in [0.5, 0.6) is 11.5 Å². The number of para-hydroxylation sites is 2. The third kappa shape index (κ3) is 3.36. The van der Waals surface area contributed by atoms with E-state index in [4.69, 9.17) is 9.26 Å². The van der Waals surface area contributed by atoms with Gasteiger partial charge in [-0.25, -0.2) is 0 Å². The fourth-order valence-electron chi connectivity index (χ4n) is 3.19. The Kier molecular flexibility index (Phi) is 4.50. The molecule has 0 bridgehead atoms. The summed E-state index contributed by atoms with van der Waals surface area (Å²) in [7, 11) is 0.